The molecule has 1 aromatic carbocycles. The van der Waals surface area contributed by atoms with Crippen molar-refractivity contribution in [1.29, 1.82) is 0 Å². The largest absolute Gasteiger partial charge is 0.298 e. The predicted molar refractivity (Wildman–Crippen MR) is 53.9 cm³/mol. The fourth-order valence-corrected chi connectivity index (χ4v) is 1.65. The van der Waals surface area contributed by atoms with Crippen molar-refractivity contribution < 1.29 is 9.59 Å². The van der Waals surface area contributed by atoms with Crippen LogP contribution in [0, 0.1) is 5.92 Å². The van der Waals surface area contributed by atoms with Crippen molar-refractivity contribution in [3.8, 4) is 0 Å². The molecule has 1 fully saturated rings. The highest BCUT2D eigenvalue weighted by Gasteiger charge is 2.31. The maximum atomic E-state index is 11.7. The summed E-state index contributed by atoms with van der Waals surface area (Å²) >= 11 is 5.90. The quantitative estimate of drug-likeness (QED) is 0.566. The molecule has 0 saturated heterocycles. The van der Waals surface area contributed by atoms with Gasteiger partial charge < -0.3 is 0 Å². The Balaban J connectivity index is 2.33. The van der Waals surface area contributed by atoms with Crippen molar-refractivity contribution in [2.45, 2.75) is 12.8 Å². The van der Waals surface area contributed by atoms with E-state index >= 15 is 0 Å². The lowest BCUT2D eigenvalue weighted by atomic mass is 10.1. The van der Waals surface area contributed by atoms with E-state index in [2.05, 4.69) is 0 Å². The highest BCUT2D eigenvalue weighted by atomic mass is 35.5. The van der Waals surface area contributed by atoms with E-state index in [0.717, 1.165) is 19.1 Å². The minimum absolute atomic E-state index is 0.104. The van der Waals surface area contributed by atoms with Gasteiger partial charge in [-0.15, -0.1) is 0 Å². The number of halogens is 1. The molecular formula is C11H9ClO2. The number of ketones is 1. The van der Waals surface area contributed by atoms with E-state index in [1.807, 2.05) is 0 Å². The molecule has 0 aliphatic heterocycles. The summed E-state index contributed by atoms with van der Waals surface area (Å²) in [6.07, 6.45) is 2.65. The maximum absolute atomic E-state index is 11.7. The number of benzene rings is 1. The van der Waals surface area contributed by atoms with Crippen molar-refractivity contribution in [3.05, 3.63) is 34.3 Å². The van der Waals surface area contributed by atoms with E-state index in [1.54, 1.807) is 12.1 Å². The Morgan fingerprint density at radius 3 is 2.64 bits per heavy atom. The topological polar surface area (TPSA) is 34.1 Å². The van der Waals surface area contributed by atoms with Crippen LogP contribution in [0.15, 0.2) is 18.2 Å². The van der Waals surface area contributed by atoms with Crippen molar-refractivity contribution in [2.24, 2.45) is 5.92 Å². The standard InChI is InChI=1S/C11H9ClO2/c12-10-5-7(6-13)1-4-9(10)11(14)8-2-3-8/h1,4-6,8H,2-3H2. The monoisotopic (exact) mass is 208 g/mol. The van der Waals surface area contributed by atoms with Gasteiger partial charge in [0, 0.05) is 17.0 Å². The van der Waals surface area contributed by atoms with Crippen LogP contribution in [0.5, 0.6) is 0 Å². The Kier molecular flexibility index (Phi) is 2.38. The average Bonchev–Trinajstić information content (AvgIpc) is 3.00. The van der Waals surface area contributed by atoms with Crippen LogP contribution in [0.2, 0.25) is 5.02 Å². The normalized spacial score (nSPS) is 15.2. The van der Waals surface area contributed by atoms with Crippen LogP contribution in [-0.2, 0) is 0 Å². The first-order valence-corrected chi connectivity index (χ1v) is 4.89. The molecule has 0 aromatic heterocycles. The van der Waals surface area contributed by atoms with Crippen LogP contribution in [0.25, 0.3) is 0 Å². The van der Waals surface area contributed by atoms with Gasteiger partial charge in [-0.3, -0.25) is 9.59 Å². The lowest BCUT2D eigenvalue weighted by molar-refractivity contribution is 0.0967. The summed E-state index contributed by atoms with van der Waals surface area (Å²) < 4.78 is 0. The van der Waals surface area contributed by atoms with Gasteiger partial charge in [0.2, 0.25) is 0 Å². The first kappa shape index (κ1) is 9.41. The molecule has 14 heavy (non-hydrogen) atoms. The number of hydrogen-bond acceptors (Lipinski definition) is 2. The molecule has 0 atom stereocenters. The zero-order chi connectivity index (χ0) is 10.1. The van der Waals surface area contributed by atoms with E-state index in [0.29, 0.717) is 16.1 Å². The minimum Gasteiger partial charge on any atom is -0.298 e. The Morgan fingerprint density at radius 1 is 1.43 bits per heavy atom. The predicted octanol–water partition coefficient (Wildman–Crippen LogP) is 2.75. The number of aldehydes is 1. The van der Waals surface area contributed by atoms with E-state index in [9.17, 15) is 9.59 Å². The van der Waals surface area contributed by atoms with E-state index < -0.39 is 0 Å². The highest BCUT2D eigenvalue weighted by Crippen LogP contribution is 2.34. The summed E-state index contributed by atoms with van der Waals surface area (Å²) in [6, 6.07) is 4.78. The van der Waals surface area contributed by atoms with Gasteiger partial charge in [-0.2, -0.15) is 0 Å². The van der Waals surface area contributed by atoms with E-state index in [4.69, 9.17) is 11.6 Å². The van der Waals surface area contributed by atoms with Gasteiger partial charge in [-0.05, 0) is 25.0 Å². The fourth-order valence-electron chi connectivity index (χ4n) is 1.37. The second-order valence-corrected chi connectivity index (χ2v) is 3.90. The van der Waals surface area contributed by atoms with Crippen molar-refractivity contribution in [2.75, 3.05) is 0 Å². The number of carbonyl (C=O) groups is 2. The summed E-state index contributed by atoms with van der Waals surface area (Å²) in [7, 11) is 0. The third-order valence-electron chi connectivity index (χ3n) is 2.34. The molecule has 2 rings (SSSR count). The third kappa shape index (κ3) is 1.70. The molecule has 1 saturated carbocycles. The second-order valence-electron chi connectivity index (χ2n) is 3.50. The lowest BCUT2D eigenvalue weighted by Crippen LogP contribution is -2.02. The summed E-state index contributed by atoms with van der Waals surface area (Å²) in [5.74, 6) is 0.266. The first-order chi connectivity index (χ1) is 6.72. The van der Waals surface area contributed by atoms with Crippen LogP contribution in [0.1, 0.15) is 33.6 Å². The molecule has 0 bridgehead atoms. The van der Waals surface area contributed by atoms with Crippen molar-refractivity contribution in [1.82, 2.24) is 0 Å². The third-order valence-corrected chi connectivity index (χ3v) is 2.66. The molecule has 0 amide bonds. The van der Waals surface area contributed by atoms with Gasteiger partial charge in [-0.1, -0.05) is 17.7 Å². The molecule has 0 heterocycles. The smallest absolute Gasteiger partial charge is 0.167 e. The van der Waals surface area contributed by atoms with Crippen LogP contribution < -0.4 is 0 Å². The SMILES string of the molecule is O=Cc1ccc(C(=O)C2CC2)c(Cl)c1. The first-order valence-electron chi connectivity index (χ1n) is 4.51. The maximum Gasteiger partial charge on any atom is 0.167 e. The van der Waals surface area contributed by atoms with Crippen molar-refractivity contribution in [3.63, 3.8) is 0 Å². The number of carbonyl (C=O) groups excluding carboxylic acids is 2. The van der Waals surface area contributed by atoms with E-state index in [1.165, 1.54) is 6.07 Å². The summed E-state index contributed by atoms with van der Waals surface area (Å²) in [5.41, 5.74) is 1.04. The Labute approximate surface area is 86.9 Å². The molecule has 1 aliphatic carbocycles. The Morgan fingerprint density at radius 2 is 2.14 bits per heavy atom. The zero-order valence-electron chi connectivity index (χ0n) is 7.50. The summed E-state index contributed by atoms with van der Waals surface area (Å²) in [6.45, 7) is 0. The lowest BCUT2D eigenvalue weighted by Gasteiger charge is -2.02. The van der Waals surface area contributed by atoms with Gasteiger partial charge in [0.25, 0.3) is 0 Å². The zero-order valence-corrected chi connectivity index (χ0v) is 8.25. The second kappa shape index (κ2) is 3.54. The van der Waals surface area contributed by atoms with Crippen LogP contribution >= 0.6 is 11.6 Å². The highest BCUT2D eigenvalue weighted by molar-refractivity contribution is 6.34. The minimum atomic E-state index is 0.104. The average molecular weight is 209 g/mol. The molecule has 1 aromatic rings. The molecule has 3 heteroatoms. The van der Waals surface area contributed by atoms with Crippen LogP contribution in [0.4, 0.5) is 0 Å². The Hall–Kier alpha value is -1.15. The molecule has 72 valence electrons. The van der Waals surface area contributed by atoms with Gasteiger partial charge >= 0.3 is 0 Å². The molecular weight excluding hydrogens is 200 g/mol. The van der Waals surface area contributed by atoms with Crippen molar-refractivity contribution >= 4 is 23.7 Å². The van der Waals surface area contributed by atoms with Gasteiger partial charge in [0.1, 0.15) is 6.29 Å². The van der Waals surface area contributed by atoms with Gasteiger partial charge in [-0.25, -0.2) is 0 Å². The van der Waals surface area contributed by atoms with E-state index in [-0.39, 0.29) is 11.7 Å². The number of hydrogen-bond donors (Lipinski definition) is 0. The molecule has 2 nitrogen and oxygen atoms in total. The molecule has 1 aliphatic rings. The molecule has 0 N–H and O–H groups in total. The van der Waals surface area contributed by atoms with Gasteiger partial charge in [0.15, 0.2) is 5.78 Å². The molecule has 0 unspecified atom stereocenters. The van der Waals surface area contributed by atoms with Gasteiger partial charge in [0.05, 0.1) is 5.02 Å². The van der Waals surface area contributed by atoms with Crippen LogP contribution in [-0.4, -0.2) is 12.1 Å². The summed E-state index contributed by atoms with van der Waals surface area (Å²) in [4.78, 5) is 22.1. The fraction of sp³-hybridized carbons (Fsp3) is 0.273. The molecule has 0 radical (unpaired) electrons. The number of rotatable bonds is 3. The summed E-state index contributed by atoms with van der Waals surface area (Å²) in [5, 5.41) is 0.381. The number of Topliss-reactive ketones (excluding diaryl/α,β-unsaturated/α-hetero) is 1. The Bertz CT molecular complexity index is 394. The van der Waals surface area contributed by atoms with Crippen LogP contribution in [0.3, 0.4) is 0 Å². The molecule has 0 spiro atoms.